The Labute approximate surface area is 110 Å². The van der Waals surface area contributed by atoms with Crippen LogP contribution < -0.4 is 0 Å². The molecule has 0 saturated carbocycles. The van der Waals surface area contributed by atoms with Gasteiger partial charge in [-0.05, 0) is 42.9 Å². The fourth-order valence-corrected chi connectivity index (χ4v) is 2.89. The Morgan fingerprint density at radius 1 is 1.24 bits per heavy atom. The van der Waals surface area contributed by atoms with Crippen LogP contribution in [-0.4, -0.2) is 23.9 Å². The van der Waals surface area contributed by atoms with E-state index < -0.39 is 0 Å². The number of likely N-dealkylation sites (tertiary alicyclic amines) is 1. The molecule has 1 unspecified atom stereocenters. The Morgan fingerprint density at radius 3 is 2.59 bits per heavy atom. The molecule has 2 rings (SSSR count). The first-order valence-electron chi connectivity index (χ1n) is 6.68. The Bertz CT molecular complexity index is 333. The van der Waals surface area contributed by atoms with Gasteiger partial charge in [-0.15, -0.1) is 11.6 Å². The second-order valence-corrected chi connectivity index (χ2v) is 5.42. The number of aryl methyl sites for hydroxylation is 1. The molecular formula is C15H22ClN. The fraction of sp³-hybridized carbons (Fsp3) is 0.600. The summed E-state index contributed by atoms with van der Waals surface area (Å²) in [5, 5.41) is 0. The summed E-state index contributed by atoms with van der Waals surface area (Å²) < 4.78 is 0. The van der Waals surface area contributed by atoms with Crippen LogP contribution in [0.1, 0.15) is 30.9 Å². The zero-order chi connectivity index (χ0) is 12.1. The van der Waals surface area contributed by atoms with E-state index in [4.69, 9.17) is 11.6 Å². The van der Waals surface area contributed by atoms with E-state index in [1.807, 2.05) is 0 Å². The quantitative estimate of drug-likeness (QED) is 0.722. The second-order valence-electron chi connectivity index (χ2n) is 5.04. The molecule has 1 saturated heterocycles. The Balaban J connectivity index is 1.84. The summed E-state index contributed by atoms with van der Waals surface area (Å²) in [6.07, 6.45) is 3.62. The van der Waals surface area contributed by atoms with E-state index in [2.05, 4.69) is 36.1 Å². The summed E-state index contributed by atoms with van der Waals surface area (Å²) in [7, 11) is 0. The van der Waals surface area contributed by atoms with Crippen molar-refractivity contribution in [2.45, 2.75) is 32.7 Å². The second kappa shape index (κ2) is 6.42. The van der Waals surface area contributed by atoms with Crippen LogP contribution in [0.15, 0.2) is 24.3 Å². The highest BCUT2D eigenvalue weighted by Gasteiger charge is 2.21. The molecule has 0 N–H and O–H groups in total. The lowest BCUT2D eigenvalue weighted by Crippen LogP contribution is -2.20. The fourth-order valence-electron chi connectivity index (χ4n) is 2.58. The summed E-state index contributed by atoms with van der Waals surface area (Å²) in [5.41, 5.74) is 2.86. The summed E-state index contributed by atoms with van der Waals surface area (Å²) in [6.45, 7) is 5.76. The zero-order valence-corrected chi connectivity index (χ0v) is 11.4. The predicted octanol–water partition coefficient (Wildman–Crippen LogP) is 3.70. The number of benzene rings is 1. The molecule has 94 valence electrons. The third-order valence-electron chi connectivity index (χ3n) is 3.72. The number of alkyl halides is 1. The lowest BCUT2D eigenvalue weighted by Gasteiger charge is -2.16. The van der Waals surface area contributed by atoms with Gasteiger partial charge in [0.25, 0.3) is 0 Å². The highest BCUT2D eigenvalue weighted by molar-refractivity contribution is 6.17. The maximum absolute atomic E-state index is 5.80. The van der Waals surface area contributed by atoms with Gasteiger partial charge >= 0.3 is 0 Å². The molecule has 1 nitrogen and oxygen atoms in total. The number of rotatable bonds is 5. The van der Waals surface area contributed by atoms with Crippen molar-refractivity contribution in [3.63, 3.8) is 0 Å². The molecule has 1 aromatic carbocycles. The maximum atomic E-state index is 5.80. The van der Waals surface area contributed by atoms with Crippen molar-refractivity contribution in [2.75, 3.05) is 19.0 Å². The van der Waals surface area contributed by atoms with Gasteiger partial charge in [-0.2, -0.15) is 0 Å². The molecule has 1 fully saturated rings. The smallest absolute Gasteiger partial charge is 0.0233 e. The monoisotopic (exact) mass is 251 g/mol. The third-order valence-corrected chi connectivity index (χ3v) is 3.94. The summed E-state index contributed by atoms with van der Waals surface area (Å²) in [6, 6.07) is 9.05. The first-order valence-corrected chi connectivity index (χ1v) is 7.21. The highest BCUT2D eigenvalue weighted by Crippen LogP contribution is 2.21. The zero-order valence-electron chi connectivity index (χ0n) is 10.7. The molecule has 1 aliphatic rings. The minimum Gasteiger partial charge on any atom is -0.299 e. The van der Waals surface area contributed by atoms with Crippen molar-refractivity contribution in [2.24, 2.45) is 5.92 Å². The predicted molar refractivity (Wildman–Crippen MR) is 74.5 cm³/mol. The summed E-state index contributed by atoms with van der Waals surface area (Å²) >= 11 is 5.80. The van der Waals surface area contributed by atoms with Crippen molar-refractivity contribution in [1.29, 1.82) is 0 Å². The van der Waals surface area contributed by atoms with Crippen LogP contribution in [-0.2, 0) is 13.0 Å². The summed E-state index contributed by atoms with van der Waals surface area (Å²) in [5.74, 6) is 1.63. The molecule has 0 aromatic heterocycles. The Kier molecular flexibility index (Phi) is 4.87. The first-order chi connectivity index (χ1) is 8.31. The lowest BCUT2D eigenvalue weighted by molar-refractivity contribution is 0.315. The van der Waals surface area contributed by atoms with Gasteiger partial charge in [-0.3, -0.25) is 4.90 Å². The molecule has 2 heteroatoms. The van der Waals surface area contributed by atoms with Gasteiger partial charge in [0.2, 0.25) is 0 Å². The number of halogens is 1. The minimum atomic E-state index is 0.809. The number of nitrogens with zero attached hydrogens (tertiary/aromatic N) is 1. The average molecular weight is 252 g/mol. The van der Waals surface area contributed by atoms with E-state index in [1.165, 1.54) is 37.1 Å². The van der Waals surface area contributed by atoms with E-state index in [9.17, 15) is 0 Å². The van der Waals surface area contributed by atoms with Crippen molar-refractivity contribution < 1.29 is 0 Å². The van der Waals surface area contributed by atoms with E-state index in [1.54, 1.807) is 0 Å². The first kappa shape index (κ1) is 12.9. The molecular weight excluding hydrogens is 230 g/mol. The van der Waals surface area contributed by atoms with E-state index >= 15 is 0 Å². The maximum Gasteiger partial charge on any atom is 0.0233 e. The van der Waals surface area contributed by atoms with Crippen LogP contribution in [0.3, 0.4) is 0 Å². The lowest BCUT2D eigenvalue weighted by atomic mass is 10.1. The SMILES string of the molecule is CCc1ccc(CN2CCC(CCCl)C2)cc1. The number of hydrogen-bond donors (Lipinski definition) is 0. The van der Waals surface area contributed by atoms with Crippen LogP contribution in [0.2, 0.25) is 0 Å². The topological polar surface area (TPSA) is 3.24 Å². The summed E-state index contributed by atoms with van der Waals surface area (Å²) in [4.78, 5) is 2.55. The van der Waals surface area contributed by atoms with Crippen molar-refractivity contribution in [3.8, 4) is 0 Å². The molecule has 1 aromatic rings. The van der Waals surface area contributed by atoms with E-state index in [0.29, 0.717) is 0 Å². The molecule has 1 aliphatic heterocycles. The Morgan fingerprint density at radius 2 is 1.94 bits per heavy atom. The normalized spacial score (nSPS) is 20.9. The average Bonchev–Trinajstić information content (AvgIpc) is 2.78. The van der Waals surface area contributed by atoms with Crippen LogP contribution in [0.5, 0.6) is 0 Å². The van der Waals surface area contributed by atoms with Crippen LogP contribution in [0, 0.1) is 5.92 Å². The highest BCUT2D eigenvalue weighted by atomic mass is 35.5. The van der Waals surface area contributed by atoms with E-state index in [0.717, 1.165) is 24.8 Å². The van der Waals surface area contributed by atoms with Gasteiger partial charge in [-0.25, -0.2) is 0 Å². The molecule has 0 amide bonds. The standard InChI is InChI=1S/C15H22ClN/c1-2-13-3-5-14(6-4-13)11-17-10-8-15(12-17)7-9-16/h3-6,15H,2,7-12H2,1H3. The molecule has 0 radical (unpaired) electrons. The third kappa shape index (κ3) is 3.72. The molecule has 1 heterocycles. The Hall–Kier alpha value is -0.530. The van der Waals surface area contributed by atoms with Gasteiger partial charge in [0.1, 0.15) is 0 Å². The van der Waals surface area contributed by atoms with Crippen LogP contribution in [0.4, 0.5) is 0 Å². The van der Waals surface area contributed by atoms with Crippen molar-refractivity contribution in [3.05, 3.63) is 35.4 Å². The van der Waals surface area contributed by atoms with Crippen molar-refractivity contribution in [1.82, 2.24) is 4.90 Å². The van der Waals surface area contributed by atoms with Crippen molar-refractivity contribution >= 4 is 11.6 Å². The van der Waals surface area contributed by atoms with Gasteiger partial charge in [-0.1, -0.05) is 31.2 Å². The van der Waals surface area contributed by atoms with Gasteiger partial charge in [0, 0.05) is 19.0 Å². The molecule has 1 atom stereocenters. The molecule has 0 bridgehead atoms. The van der Waals surface area contributed by atoms with Crippen LogP contribution >= 0.6 is 11.6 Å². The molecule has 0 aliphatic carbocycles. The van der Waals surface area contributed by atoms with Gasteiger partial charge < -0.3 is 0 Å². The van der Waals surface area contributed by atoms with Crippen LogP contribution in [0.25, 0.3) is 0 Å². The molecule has 0 spiro atoms. The largest absolute Gasteiger partial charge is 0.299 e. The van der Waals surface area contributed by atoms with Gasteiger partial charge in [0.15, 0.2) is 0 Å². The van der Waals surface area contributed by atoms with E-state index in [-0.39, 0.29) is 0 Å². The minimum absolute atomic E-state index is 0.809. The number of hydrogen-bond acceptors (Lipinski definition) is 1. The van der Waals surface area contributed by atoms with Gasteiger partial charge in [0.05, 0.1) is 0 Å². The molecule has 17 heavy (non-hydrogen) atoms.